The number of hydrogen-bond acceptors (Lipinski definition) is 6. The zero-order valence-corrected chi connectivity index (χ0v) is 23.4. The SMILES string of the molecule is CO[C@@H]1OC(COCc2ccccc2)[C@H](OCc2ccccc2)[C@@H](OCc2ccccc2)C1OCc1ccccc1. The molecule has 1 heterocycles. The molecular weight excluding hydrogens is 516 g/mol. The standard InChI is InChI=1S/C35H38O6/c1-36-35-34(40-25-30-20-12-5-13-21-30)33(39-24-29-18-10-4-11-19-29)32(38-23-28-16-8-3-9-17-28)31(41-35)26-37-22-27-14-6-2-7-15-27/h2-21,31-35H,22-26H2,1H3/t31?,32-,33+,34?,35+/m0/s1. The predicted molar refractivity (Wildman–Crippen MR) is 157 cm³/mol. The molecule has 1 fully saturated rings. The highest BCUT2D eigenvalue weighted by molar-refractivity contribution is 5.16. The molecule has 6 heteroatoms. The van der Waals surface area contributed by atoms with Crippen molar-refractivity contribution in [1.29, 1.82) is 0 Å². The second kappa shape index (κ2) is 15.6. The Balaban J connectivity index is 1.38. The Kier molecular flexibility index (Phi) is 11.1. The minimum absolute atomic E-state index is 0.310. The van der Waals surface area contributed by atoms with Crippen LogP contribution in [0.4, 0.5) is 0 Å². The lowest BCUT2D eigenvalue weighted by Crippen LogP contribution is -2.61. The van der Waals surface area contributed by atoms with Crippen molar-refractivity contribution >= 4 is 0 Å². The third-order valence-electron chi connectivity index (χ3n) is 7.07. The summed E-state index contributed by atoms with van der Waals surface area (Å²) in [7, 11) is 1.63. The quantitative estimate of drug-likeness (QED) is 0.182. The fourth-order valence-corrected chi connectivity index (χ4v) is 4.94. The van der Waals surface area contributed by atoms with Crippen molar-refractivity contribution in [3.63, 3.8) is 0 Å². The van der Waals surface area contributed by atoms with Crippen LogP contribution in [0.15, 0.2) is 121 Å². The number of methoxy groups -OCH3 is 1. The summed E-state index contributed by atoms with van der Waals surface area (Å²) in [6, 6.07) is 40.4. The molecule has 1 aliphatic rings. The molecular formula is C35H38O6. The van der Waals surface area contributed by atoms with Gasteiger partial charge in [0.05, 0.1) is 33.0 Å². The molecule has 4 aromatic carbocycles. The molecule has 2 unspecified atom stereocenters. The lowest BCUT2D eigenvalue weighted by atomic mass is 9.97. The van der Waals surface area contributed by atoms with Gasteiger partial charge in [0.25, 0.3) is 0 Å². The van der Waals surface area contributed by atoms with E-state index < -0.39 is 30.7 Å². The van der Waals surface area contributed by atoms with Gasteiger partial charge in [-0.15, -0.1) is 0 Å². The normalized spacial score (nSPS) is 22.4. The van der Waals surface area contributed by atoms with E-state index in [2.05, 4.69) is 0 Å². The smallest absolute Gasteiger partial charge is 0.186 e. The van der Waals surface area contributed by atoms with Crippen LogP contribution >= 0.6 is 0 Å². The largest absolute Gasteiger partial charge is 0.374 e. The molecule has 4 aromatic rings. The Bertz CT molecular complexity index is 1260. The monoisotopic (exact) mass is 554 g/mol. The van der Waals surface area contributed by atoms with Gasteiger partial charge in [-0.1, -0.05) is 121 Å². The van der Waals surface area contributed by atoms with E-state index in [1.54, 1.807) is 7.11 Å². The Morgan fingerprint density at radius 2 is 0.878 bits per heavy atom. The highest BCUT2D eigenvalue weighted by Crippen LogP contribution is 2.31. The highest BCUT2D eigenvalue weighted by atomic mass is 16.7. The Hall–Kier alpha value is -3.36. The molecule has 0 aliphatic carbocycles. The van der Waals surface area contributed by atoms with Crippen molar-refractivity contribution in [2.75, 3.05) is 13.7 Å². The lowest BCUT2D eigenvalue weighted by molar-refractivity contribution is -0.323. The fraction of sp³-hybridized carbons (Fsp3) is 0.314. The van der Waals surface area contributed by atoms with Crippen molar-refractivity contribution in [1.82, 2.24) is 0 Å². The molecule has 0 saturated carbocycles. The minimum atomic E-state index is -0.665. The van der Waals surface area contributed by atoms with Crippen LogP contribution in [0, 0.1) is 0 Å². The first-order chi connectivity index (χ1) is 20.3. The summed E-state index contributed by atoms with van der Waals surface area (Å²) in [4.78, 5) is 0. The zero-order chi connectivity index (χ0) is 28.1. The number of benzene rings is 4. The van der Waals surface area contributed by atoms with E-state index >= 15 is 0 Å². The molecule has 1 aliphatic heterocycles. The molecule has 0 aromatic heterocycles. The van der Waals surface area contributed by atoms with Crippen LogP contribution in [0.25, 0.3) is 0 Å². The highest BCUT2D eigenvalue weighted by Gasteiger charge is 2.48. The van der Waals surface area contributed by atoms with Crippen molar-refractivity contribution in [2.24, 2.45) is 0 Å². The number of hydrogen-bond donors (Lipinski definition) is 0. The van der Waals surface area contributed by atoms with E-state index in [4.69, 9.17) is 28.4 Å². The van der Waals surface area contributed by atoms with E-state index in [1.165, 1.54) is 0 Å². The van der Waals surface area contributed by atoms with Crippen molar-refractivity contribution < 1.29 is 28.4 Å². The third-order valence-corrected chi connectivity index (χ3v) is 7.07. The van der Waals surface area contributed by atoms with E-state index in [0.717, 1.165) is 22.3 Å². The molecule has 5 rings (SSSR count). The average Bonchev–Trinajstić information content (AvgIpc) is 3.04. The summed E-state index contributed by atoms with van der Waals surface area (Å²) >= 11 is 0. The molecule has 0 N–H and O–H groups in total. The van der Waals surface area contributed by atoms with Crippen LogP contribution in [0.2, 0.25) is 0 Å². The van der Waals surface area contributed by atoms with E-state index in [-0.39, 0.29) is 0 Å². The second-order valence-corrected chi connectivity index (χ2v) is 10.1. The molecule has 5 atom stereocenters. The van der Waals surface area contributed by atoms with Crippen LogP contribution < -0.4 is 0 Å². The van der Waals surface area contributed by atoms with E-state index in [9.17, 15) is 0 Å². The number of ether oxygens (including phenoxy) is 6. The summed E-state index contributed by atoms with van der Waals surface area (Å²) in [6.07, 6.45) is -2.59. The molecule has 41 heavy (non-hydrogen) atoms. The van der Waals surface area contributed by atoms with Crippen LogP contribution in [-0.2, 0) is 54.8 Å². The summed E-state index contributed by atoms with van der Waals surface area (Å²) in [6.45, 7) is 1.97. The lowest BCUT2D eigenvalue weighted by Gasteiger charge is -2.45. The maximum Gasteiger partial charge on any atom is 0.186 e. The molecule has 0 spiro atoms. The van der Waals surface area contributed by atoms with Gasteiger partial charge in [0.2, 0.25) is 0 Å². The first-order valence-corrected chi connectivity index (χ1v) is 14.1. The van der Waals surface area contributed by atoms with Gasteiger partial charge in [0, 0.05) is 7.11 Å². The molecule has 1 saturated heterocycles. The van der Waals surface area contributed by atoms with Gasteiger partial charge in [-0.05, 0) is 22.3 Å². The summed E-state index contributed by atoms with van der Waals surface area (Å²) in [5.41, 5.74) is 4.27. The first kappa shape index (κ1) is 29.1. The Labute approximate surface area is 242 Å². The molecule has 0 amide bonds. The Morgan fingerprint density at radius 3 is 1.32 bits per heavy atom. The first-order valence-electron chi connectivity index (χ1n) is 14.1. The Morgan fingerprint density at radius 1 is 0.488 bits per heavy atom. The van der Waals surface area contributed by atoms with Crippen molar-refractivity contribution in [2.45, 2.75) is 57.1 Å². The van der Waals surface area contributed by atoms with E-state index in [1.807, 2.05) is 121 Å². The molecule has 6 nitrogen and oxygen atoms in total. The topological polar surface area (TPSA) is 55.4 Å². The average molecular weight is 555 g/mol. The van der Waals surface area contributed by atoms with Gasteiger partial charge < -0.3 is 28.4 Å². The van der Waals surface area contributed by atoms with E-state index in [0.29, 0.717) is 33.0 Å². The van der Waals surface area contributed by atoms with Crippen LogP contribution in [0.5, 0.6) is 0 Å². The molecule has 0 radical (unpaired) electrons. The van der Waals surface area contributed by atoms with Crippen LogP contribution in [0.1, 0.15) is 22.3 Å². The summed E-state index contributed by atoms with van der Waals surface area (Å²) < 4.78 is 38.2. The molecule has 0 bridgehead atoms. The predicted octanol–water partition coefficient (Wildman–Crippen LogP) is 6.33. The van der Waals surface area contributed by atoms with Crippen molar-refractivity contribution in [3.8, 4) is 0 Å². The zero-order valence-electron chi connectivity index (χ0n) is 23.4. The fourth-order valence-electron chi connectivity index (χ4n) is 4.94. The van der Waals surface area contributed by atoms with Gasteiger partial charge in [0.15, 0.2) is 6.29 Å². The maximum atomic E-state index is 6.63. The minimum Gasteiger partial charge on any atom is -0.374 e. The van der Waals surface area contributed by atoms with Gasteiger partial charge in [-0.25, -0.2) is 0 Å². The maximum absolute atomic E-state index is 6.63. The second-order valence-electron chi connectivity index (χ2n) is 10.1. The van der Waals surface area contributed by atoms with Gasteiger partial charge in [-0.3, -0.25) is 0 Å². The van der Waals surface area contributed by atoms with Gasteiger partial charge in [0.1, 0.15) is 24.4 Å². The van der Waals surface area contributed by atoms with Gasteiger partial charge >= 0.3 is 0 Å². The van der Waals surface area contributed by atoms with Crippen LogP contribution in [-0.4, -0.2) is 44.4 Å². The van der Waals surface area contributed by atoms with Crippen molar-refractivity contribution in [3.05, 3.63) is 144 Å². The molecule has 214 valence electrons. The number of rotatable bonds is 14. The van der Waals surface area contributed by atoms with Gasteiger partial charge in [-0.2, -0.15) is 0 Å². The summed E-state index contributed by atoms with van der Waals surface area (Å²) in [5.74, 6) is 0. The third kappa shape index (κ3) is 8.57. The van der Waals surface area contributed by atoms with Crippen LogP contribution in [0.3, 0.4) is 0 Å². The summed E-state index contributed by atoms with van der Waals surface area (Å²) in [5, 5.41) is 0.